The lowest BCUT2D eigenvalue weighted by atomic mass is 9.76. The molecule has 8 nitrogen and oxygen atoms in total. The van der Waals surface area contributed by atoms with Crippen LogP contribution in [-0.2, 0) is 25.7 Å². The van der Waals surface area contributed by atoms with Crippen LogP contribution in [0.15, 0.2) is 48.5 Å². The van der Waals surface area contributed by atoms with E-state index in [1.165, 1.54) is 22.3 Å². The molecule has 4 aliphatic rings. The summed E-state index contributed by atoms with van der Waals surface area (Å²) >= 11 is 2.30. The summed E-state index contributed by atoms with van der Waals surface area (Å²) in [5, 5.41) is 41.1. The van der Waals surface area contributed by atoms with Crippen molar-refractivity contribution in [1.29, 1.82) is 0 Å². The SMILES string of the molecule is CCCOc1cc2c3c(c1)-c1c(ccc(O)c1O)C[C@H]3N(CC)CC2.CCN1CCc2cc(OCCI)cc3c2[C@H]1Cc1ccc(O)c(O)c1-3. The van der Waals surface area contributed by atoms with Gasteiger partial charge in [0.2, 0.25) is 0 Å². The first kappa shape index (κ1) is 34.8. The van der Waals surface area contributed by atoms with Gasteiger partial charge in [0.1, 0.15) is 11.5 Å². The summed E-state index contributed by atoms with van der Waals surface area (Å²) in [5.74, 6) is 1.55. The molecule has 2 atom stereocenters. The number of hydrogen-bond donors (Lipinski definition) is 4. The fourth-order valence-electron chi connectivity index (χ4n) is 8.55. The highest BCUT2D eigenvalue weighted by atomic mass is 127. The van der Waals surface area contributed by atoms with E-state index in [1.807, 2.05) is 24.3 Å². The first-order chi connectivity index (χ1) is 24.3. The van der Waals surface area contributed by atoms with Crippen LogP contribution in [0.3, 0.4) is 0 Å². The van der Waals surface area contributed by atoms with Crippen molar-refractivity contribution in [3.63, 3.8) is 0 Å². The van der Waals surface area contributed by atoms with Gasteiger partial charge in [-0.1, -0.05) is 55.5 Å². The van der Waals surface area contributed by atoms with Gasteiger partial charge in [0.05, 0.1) is 13.2 Å². The number of halogens is 1. The number of phenols is 4. The zero-order valence-electron chi connectivity index (χ0n) is 29.1. The summed E-state index contributed by atoms with van der Waals surface area (Å²) < 4.78 is 12.7. The van der Waals surface area contributed by atoms with Gasteiger partial charge in [-0.25, -0.2) is 0 Å². The van der Waals surface area contributed by atoms with Gasteiger partial charge >= 0.3 is 0 Å². The van der Waals surface area contributed by atoms with Crippen LogP contribution in [0.1, 0.15) is 72.7 Å². The van der Waals surface area contributed by atoms with Crippen molar-refractivity contribution in [2.75, 3.05) is 43.8 Å². The molecule has 9 heteroatoms. The first-order valence-corrected chi connectivity index (χ1v) is 19.5. The Morgan fingerprint density at radius 3 is 1.52 bits per heavy atom. The number of hydrogen-bond acceptors (Lipinski definition) is 8. The molecule has 264 valence electrons. The number of nitrogens with zero attached hydrogens (tertiary/aromatic N) is 2. The second-order valence-corrected chi connectivity index (χ2v) is 14.7. The van der Waals surface area contributed by atoms with E-state index in [0.29, 0.717) is 25.3 Å². The molecule has 4 aromatic carbocycles. The van der Waals surface area contributed by atoms with Crippen molar-refractivity contribution in [2.45, 2.75) is 65.0 Å². The Labute approximate surface area is 308 Å². The van der Waals surface area contributed by atoms with E-state index >= 15 is 0 Å². The lowest BCUT2D eigenvalue weighted by Gasteiger charge is -2.41. The van der Waals surface area contributed by atoms with Gasteiger partial charge in [0.15, 0.2) is 23.0 Å². The smallest absolute Gasteiger partial charge is 0.165 e. The Morgan fingerprint density at radius 1 is 0.640 bits per heavy atom. The highest BCUT2D eigenvalue weighted by Crippen LogP contribution is 2.53. The summed E-state index contributed by atoms with van der Waals surface area (Å²) in [6, 6.07) is 16.1. The fraction of sp³-hybridized carbons (Fsp3) is 0.415. The topological polar surface area (TPSA) is 106 Å². The highest BCUT2D eigenvalue weighted by Gasteiger charge is 2.37. The van der Waals surface area contributed by atoms with E-state index < -0.39 is 0 Å². The van der Waals surface area contributed by atoms with E-state index in [1.54, 1.807) is 12.1 Å². The molecule has 0 saturated heterocycles. The summed E-state index contributed by atoms with van der Waals surface area (Å²) in [7, 11) is 0. The van der Waals surface area contributed by atoms with E-state index in [9.17, 15) is 20.4 Å². The second-order valence-electron chi connectivity index (χ2n) is 13.6. The average Bonchev–Trinajstić information content (AvgIpc) is 3.13. The number of alkyl halides is 1. The number of rotatable bonds is 8. The number of phenolic OH excluding ortho intramolecular Hbond substituents is 4. The Bertz CT molecular complexity index is 1770. The molecule has 50 heavy (non-hydrogen) atoms. The number of likely N-dealkylation sites (N-methyl/N-ethyl adjacent to an activating group) is 2. The first-order valence-electron chi connectivity index (χ1n) is 18.0. The minimum atomic E-state index is -0.0623. The van der Waals surface area contributed by atoms with Crippen LogP contribution in [0.5, 0.6) is 34.5 Å². The molecule has 0 radical (unpaired) electrons. The van der Waals surface area contributed by atoms with E-state index in [4.69, 9.17) is 9.47 Å². The van der Waals surface area contributed by atoms with Crippen LogP contribution in [0.25, 0.3) is 22.3 Å². The standard InChI is InChI=1S/C21H25NO3.C20H22INO3/c1-3-9-25-15-10-14-7-8-22(4-2)17-11-13-5-6-18(23)21(24)20(13)16(12-15)19(14)17;1-2-22-7-5-13-9-14(25-8-6-21)11-15-18(13)16(22)10-12-3-4-17(23)20(24)19(12)15/h5-6,10,12,17,23-24H,3-4,7-9,11H2,1-2H3;3-4,9,11,16,23-24H,2,5-8,10H2,1H3/t17-;16-/m11/s1. The van der Waals surface area contributed by atoms with Crippen LogP contribution in [0.4, 0.5) is 0 Å². The molecule has 0 unspecified atom stereocenters. The van der Waals surface area contributed by atoms with Crippen molar-refractivity contribution in [1.82, 2.24) is 9.80 Å². The Morgan fingerprint density at radius 2 is 1.10 bits per heavy atom. The number of benzene rings is 4. The van der Waals surface area contributed by atoms with Crippen LogP contribution in [0.2, 0.25) is 0 Å². The highest BCUT2D eigenvalue weighted by molar-refractivity contribution is 14.1. The third kappa shape index (κ3) is 6.15. The largest absolute Gasteiger partial charge is 0.504 e. The Kier molecular flexibility index (Phi) is 10.1. The number of ether oxygens (including phenoxy) is 2. The molecule has 2 heterocycles. The number of aromatic hydroxyl groups is 4. The normalized spacial score (nSPS) is 18.6. The molecule has 8 rings (SSSR count). The molecule has 0 bridgehead atoms. The molecule has 0 fully saturated rings. The van der Waals surface area contributed by atoms with Crippen LogP contribution >= 0.6 is 22.6 Å². The van der Waals surface area contributed by atoms with Crippen molar-refractivity contribution < 1.29 is 29.9 Å². The summed E-state index contributed by atoms with van der Waals surface area (Å²) in [5.41, 5.74) is 11.0. The molecule has 2 aliphatic heterocycles. The van der Waals surface area contributed by atoms with Crippen LogP contribution in [0, 0.1) is 0 Å². The summed E-state index contributed by atoms with van der Waals surface area (Å²) in [6.07, 6.45) is 4.67. The molecule has 4 aromatic rings. The number of fused-ring (bicyclic) bond motifs is 4. The lowest BCUT2D eigenvalue weighted by Crippen LogP contribution is -2.38. The van der Waals surface area contributed by atoms with Crippen LogP contribution < -0.4 is 9.47 Å². The predicted octanol–water partition coefficient (Wildman–Crippen LogP) is 8.08. The zero-order valence-corrected chi connectivity index (χ0v) is 31.3. The van der Waals surface area contributed by atoms with Gasteiger partial charge in [-0.05, 0) is 126 Å². The monoisotopic (exact) mass is 790 g/mol. The quantitative estimate of drug-likeness (QED) is 0.0808. The zero-order chi connectivity index (χ0) is 35.1. The summed E-state index contributed by atoms with van der Waals surface area (Å²) in [4.78, 5) is 5.01. The fourth-order valence-corrected chi connectivity index (χ4v) is 8.77. The lowest BCUT2D eigenvalue weighted by molar-refractivity contribution is 0.192. The molecular formula is C41H47IN2O6. The van der Waals surface area contributed by atoms with Crippen molar-refractivity contribution in [3.8, 4) is 56.8 Å². The van der Waals surface area contributed by atoms with Gasteiger partial charge in [0.25, 0.3) is 0 Å². The molecule has 0 amide bonds. The van der Waals surface area contributed by atoms with Crippen molar-refractivity contribution in [2.24, 2.45) is 0 Å². The third-order valence-corrected chi connectivity index (χ3v) is 11.3. The van der Waals surface area contributed by atoms with Gasteiger partial charge in [0, 0.05) is 40.7 Å². The minimum Gasteiger partial charge on any atom is -0.504 e. The molecule has 0 spiro atoms. The molecule has 0 aromatic heterocycles. The maximum Gasteiger partial charge on any atom is 0.165 e. The maximum atomic E-state index is 10.5. The Balaban J connectivity index is 0.000000157. The van der Waals surface area contributed by atoms with E-state index in [0.717, 1.165) is 108 Å². The van der Waals surface area contributed by atoms with Gasteiger partial charge in [-0.2, -0.15) is 0 Å². The summed E-state index contributed by atoms with van der Waals surface area (Å²) in [6.45, 7) is 12.0. The predicted molar refractivity (Wildman–Crippen MR) is 205 cm³/mol. The van der Waals surface area contributed by atoms with Crippen molar-refractivity contribution in [3.05, 3.63) is 81.9 Å². The third-order valence-electron chi connectivity index (χ3n) is 10.8. The molecule has 0 saturated carbocycles. The average molecular weight is 791 g/mol. The van der Waals surface area contributed by atoms with Gasteiger partial charge in [-0.3, -0.25) is 9.80 Å². The van der Waals surface area contributed by atoms with Gasteiger partial charge in [-0.15, -0.1) is 0 Å². The molecule has 4 N–H and O–H groups in total. The van der Waals surface area contributed by atoms with Crippen molar-refractivity contribution >= 4 is 22.6 Å². The maximum absolute atomic E-state index is 10.5. The van der Waals surface area contributed by atoms with E-state index in [-0.39, 0.29) is 23.0 Å². The van der Waals surface area contributed by atoms with Gasteiger partial charge < -0.3 is 29.9 Å². The van der Waals surface area contributed by atoms with Crippen LogP contribution in [-0.4, -0.2) is 74.0 Å². The minimum absolute atomic E-state index is 0.0144. The molecular weight excluding hydrogens is 743 g/mol. The van der Waals surface area contributed by atoms with E-state index in [2.05, 4.69) is 65.3 Å². The second kappa shape index (κ2) is 14.5. The Hall–Kier alpha value is -3.67. The molecule has 2 aliphatic carbocycles.